The molecule has 0 saturated carbocycles. The van der Waals surface area contributed by atoms with Crippen LogP contribution >= 0.6 is 15.9 Å². The molecule has 1 aromatic carbocycles. The Labute approximate surface area is 224 Å². The number of ether oxygens (including phenoxy) is 3. The molecule has 0 unspecified atom stereocenters. The van der Waals surface area contributed by atoms with Gasteiger partial charge in [-0.2, -0.15) is 0 Å². The fraction of sp³-hybridized carbons (Fsp3) is 0.478. The number of guanidine groups is 1. The van der Waals surface area contributed by atoms with Gasteiger partial charge < -0.3 is 19.9 Å². The van der Waals surface area contributed by atoms with E-state index in [9.17, 15) is 13.2 Å². The van der Waals surface area contributed by atoms with Crippen LogP contribution in [-0.2, 0) is 19.5 Å². The van der Waals surface area contributed by atoms with E-state index < -0.39 is 44.9 Å². The first kappa shape index (κ1) is 28.8. The van der Waals surface area contributed by atoms with Gasteiger partial charge in [0, 0.05) is 10.4 Å². The largest absolute Gasteiger partial charge is 0.494 e. The molecule has 1 aliphatic heterocycles. The molecule has 12 nitrogen and oxygen atoms in total. The molecule has 0 radical (unpaired) electrons. The summed E-state index contributed by atoms with van der Waals surface area (Å²) >= 11 is 3.35. The summed E-state index contributed by atoms with van der Waals surface area (Å²) in [6, 6.07) is 5.66. The summed E-state index contributed by atoms with van der Waals surface area (Å²) in [4.78, 5) is 22.2. The zero-order chi connectivity index (χ0) is 27.5. The monoisotopic (exact) mass is 598 g/mol. The number of rotatable bonds is 7. The number of nitrogens with one attached hydrogen (secondary N) is 1. The van der Waals surface area contributed by atoms with Crippen molar-refractivity contribution in [1.82, 2.24) is 19.4 Å². The number of carbonyl (C=O) groups excluding carboxylic acids is 1. The molecule has 3 rings (SSSR count). The van der Waals surface area contributed by atoms with E-state index in [0.29, 0.717) is 14.6 Å². The van der Waals surface area contributed by atoms with E-state index in [4.69, 9.17) is 25.4 Å². The number of hydrogen-bond acceptors (Lipinski definition) is 9. The van der Waals surface area contributed by atoms with Gasteiger partial charge in [0.2, 0.25) is 5.96 Å². The predicted octanol–water partition coefficient (Wildman–Crippen LogP) is 2.47. The first-order valence-electron chi connectivity index (χ1n) is 11.4. The molecule has 1 aromatic heterocycles. The zero-order valence-corrected chi connectivity index (χ0v) is 23.6. The second-order valence-electron chi connectivity index (χ2n) is 8.95. The molecule has 1 amide bonds. The lowest BCUT2D eigenvalue weighted by atomic mass is 10.1. The maximum Gasteiger partial charge on any atom is 0.274 e. The van der Waals surface area contributed by atoms with Crippen molar-refractivity contribution in [2.45, 2.75) is 50.7 Å². The minimum absolute atomic E-state index is 0.0476. The summed E-state index contributed by atoms with van der Waals surface area (Å²) in [6.07, 6.45) is 2.87. The van der Waals surface area contributed by atoms with Crippen LogP contribution in [0.4, 0.5) is 0 Å². The van der Waals surface area contributed by atoms with Crippen LogP contribution in [0.2, 0.25) is 0 Å². The van der Waals surface area contributed by atoms with E-state index in [2.05, 4.69) is 25.9 Å². The third-order valence-corrected chi connectivity index (χ3v) is 8.91. The number of hydrazine groups is 1. The van der Waals surface area contributed by atoms with Crippen LogP contribution in [0, 0.1) is 5.41 Å². The lowest BCUT2D eigenvalue weighted by molar-refractivity contribution is -0.265. The first-order chi connectivity index (χ1) is 17.3. The van der Waals surface area contributed by atoms with Gasteiger partial charge in [-0.05, 0) is 48.8 Å². The Kier molecular flexibility index (Phi) is 8.78. The summed E-state index contributed by atoms with van der Waals surface area (Å²) in [6.45, 7) is 6.41. The highest BCUT2D eigenvalue weighted by Gasteiger charge is 2.45. The van der Waals surface area contributed by atoms with Crippen molar-refractivity contribution >= 4 is 37.8 Å². The molecule has 2 aromatic rings. The highest BCUT2D eigenvalue weighted by molar-refractivity contribution is 9.10. The fourth-order valence-electron chi connectivity index (χ4n) is 3.65. The number of amides is 1. The Bertz CT molecular complexity index is 1230. The third kappa shape index (κ3) is 6.20. The molecule has 1 fully saturated rings. The van der Waals surface area contributed by atoms with Gasteiger partial charge in [-0.25, -0.2) is 23.4 Å². The molecule has 0 spiro atoms. The summed E-state index contributed by atoms with van der Waals surface area (Å²) in [5.74, 6) is -2.55. The number of benzene rings is 1. The van der Waals surface area contributed by atoms with Gasteiger partial charge in [0.05, 0.1) is 43.5 Å². The zero-order valence-electron chi connectivity index (χ0n) is 21.2. The van der Waals surface area contributed by atoms with Crippen molar-refractivity contribution in [3.8, 4) is 5.75 Å². The van der Waals surface area contributed by atoms with Crippen molar-refractivity contribution in [3.63, 3.8) is 0 Å². The predicted molar refractivity (Wildman–Crippen MR) is 139 cm³/mol. The van der Waals surface area contributed by atoms with E-state index in [1.807, 2.05) is 0 Å². The lowest BCUT2D eigenvalue weighted by Crippen LogP contribution is -2.64. The molecule has 1 aliphatic rings. The molecule has 3 N–H and O–H groups in total. The molecule has 0 aliphatic carbocycles. The molecule has 0 bridgehead atoms. The van der Waals surface area contributed by atoms with Crippen molar-refractivity contribution in [2.24, 2.45) is 5.73 Å². The molecule has 1 saturated heterocycles. The summed E-state index contributed by atoms with van der Waals surface area (Å²) in [5.41, 5.74) is 6.02. The maximum absolute atomic E-state index is 14.0. The molecule has 202 valence electrons. The topological polar surface area (TPSA) is 161 Å². The van der Waals surface area contributed by atoms with Crippen molar-refractivity contribution in [2.75, 3.05) is 20.3 Å². The molecular formula is C23H31BrN6O6S. The van der Waals surface area contributed by atoms with Crippen LogP contribution < -0.4 is 10.5 Å². The summed E-state index contributed by atoms with van der Waals surface area (Å²) in [5, 5.41) is 7.97. The Morgan fingerprint density at radius 1 is 1.22 bits per heavy atom. The number of methoxy groups -OCH3 is 1. The first-order valence-corrected chi connectivity index (χ1v) is 13.7. The van der Waals surface area contributed by atoms with Gasteiger partial charge in [0.15, 0.2) is 11.5 Å². The SMILES string of the molecule is COc1cnc([C@@H](C)[C@H](C)S(=O)(=O)N(C(=N)N)N(C(=O)c2ccccc2Br)C2COC(C)(C)OC2)nc1. The Balaban J connectivity index is 2.06. The molecule has 2 atom stereocenters. The van der Waals surface area contributed by atoms with E-state index in [0.717, 1.165) is 5.01 Å². The van der Waals surface area contributed by atoms with Gasteiger partial charge in [-0.1, -0.05) is 19.1 Å². The number of aromatic nitrogens is 2. The number of carbonyl (C=O) groups is 1. The van der Waals surface area contributed by atoms with Crippen LogP contribution in [0.5, 0.6) is 5.75 Å². The smallest absolute Gasteiger partial charge is 0.274 e. The van der Waals surface area contributed by atoms with Crippen molar-refractivity contribution < 1.29 is 27.4 Å². The molecule has 2 heterocycles. The van der Waals surface area contributed by atoms with E-state index in [1.54, 1.807) is 39.0 Å². The standard InChI is InChI=1S/C23H31BrN6O6S/c1-14(20-27-10-17(34-5)11-28-20)15(2)37(32,33)30(22(25)26)29(16-12-35-23(3,4)36-13-16)21(31)18-8-6-7-9-19(18)24/h6-11,14-16H,12-13H2,1-5H3,(H3,25,26)/t14-,15-/m0/s1. The quantitative estimate of drug-likeness (QED) is 0.277. The van der Waals surface area contributed by atoms with Gasteiger partial charge >= 0.3 is 0 Å². The van der Waals surface area contributed by atoms with Crippen LogP contribution in [0.15, 0.2) is 41.1 Å². The second-order valence-corrected chi connectivity index (χ2v) is 11.9. The van der Waals surface area contributed by atoms with Gasteiger partial charge in [-0.15, -0.1) is 4.41 Å². The van der Waals surface area contributed by atoms with Gasteiger partial charge in [0.25, 0.3) is 15.9 Å². The summed E-state index contributed by atoms with van der Waals surface area (Å²) < 4.78 is 45.4. The highest BCUT2D eigenvalue weighted by Crippen LogP contribution is 2.30. The number of nitrogens with two attached hydrogens (primary N) is 1. The van der Waals surface area contributed by atoms with Gasteiger partial charge in [-0.3, -0.25) is 10.2 Å². The van der Waals surface area contributed by atoms with Crippen molar-refractivity contribution in [1.29, 1.82) is 5.41 Å². The van der Waals surface area contributed by atoms with Crippen molar-refractivity contribution in [3.05, 3.63) is 52.5 Å². The van der Waals surface area contributed by atoms with E-state index in [1.165, 1.54) is 32.5 Å². The van der Waals surface area contributed by atoms with Crippen LogP contribution in [0.3, 0.4) is 0 Å². The Morgan fingerprint density at radius 3 is 2.30 bits per heavy atom. The lowest BCUT2D eigenvalue weighted by Gasteiger charge is -2.44. The maximum atomic E-state index is 14.0. The number of hydrogen-bond donors (Lipinski definition) is 2. The second kappa shape index (κ2) is 11.3. The Morgan fingerprint density at radius 2 is 1.78 bits per heavy atom. The Hall–Kier alpha value is -2.81. The minimum Gasteiger partial charge on any atom is -0.494 e. The normalized spacial score (nSPS) is 17.5. The molecule has 37 heavy (non-hydrogen) atoms. The minimum atomic E-state index is -4.46. The van der Waals surface area contributed by atoms with E-state index in [-0.39, 0.29) is 24.6 Å². The number of nitrogens with zero attached hydrogens (tertiary/aromatic N) is 4. The van der Waals surface area contributed by atoms with Gasteiger partial charge in [0.1, 0.15) is 11.9 Å². The van der Waals surface area contributed by atoms with Crippen LogP contribution in [-0.4, -0.2) is 77.1 Å². The van der Waals surface area contributed by atoms with Crippen LogP contribution in [0.1, 0.15) is 49.8 Å². The van der Waals surface area contributed by atoms with E-state index >= 15 is 0 Å². The average Bonchev–Trinajstić information content (AvgIpc) is 2.86. The number of sulfonamides is 1. The number of halogens is 1. The molecular weight excluding hydrogens is 568 g/mol. The average molecular weight is 600 g/mol. The third-order valence-electron chi connectivity index (χ3n) is 6.01. The van der Waals surface area contributed by atoms with Crippen LogP contribution in [0.25, 0.3) is 0 Å². The summed E-state index contributed by atoms with van der Waals surface area (Å²) in [7, 11) is -2.99. The highest BCUT2D eigenvalue weighted by atomic mass is 79.9. The fourth-order valence-corrected chi connectivity index (χ4v) is 5.78. The molecule has 14 heteroatoms.